The topological polar surface area (TPSA) is 42.3 Å². The fraction of sp³-hybridized carbons (Fsp3) is 0.471. The van der Waals surface area contributed by atoms with Gasteiger partial charge in [0.15, 0.2) is 0 Å². The van der Waals surface area contributed by atoms with Gasteiger partial charge in [0.05, 0.1) is 5.69 Å². The maximum Gasteiger partial charge on any atom is 0.130 e. The summed E-state index contributed by atoms with van der Waals surface area (Å²) >= 11 is 0. The first-order valence-corrected chi connectivity index (χ1v) is 7.70. The minimum Gasteiger partial charge on any atom is -0.492 e. The van der Waals surface area contributed by atoms with Crippen LogP contribution >= 0.6 is 0 Å². The fourth-order valence-corrected chi connectivity index (χ4v) is 2.57. The molecular formula is C17H25FN4O. The highest BCUT2D eigenvalue weighted by Gasteiger charge is 2.15. The number of benzene rings is 1. The van der Waals surface area contributed by atoms with Crippen molar-refractivity contribution in [1.82, 2.24) is 15.1 Å². The fourth-order valence-electron chi connectivity index (χ4n) is 2.57. The molecule has 1 atom stereocenters. The smallest absolute Gasteiger partial charge is 0.130 e. The zero-order chi connectivity index (χ0) is 17.0. The molecule has 0 fully saturated rings. The lowest BCUT2D eigenvalue weighted by molar-refractivity contribution is 0.271. The van der Waals surface area contributed by atoms with Gasteiger partial charge in [-0.15, -0.1) is 0 Å². The number of hydrogen-bond donors (Lipinski definition) is 1. The first kappa shape index (κ1) is 17.3. The molecule has 2 rings (SSSR count). The van der Waals surface area contributed by atoms with E-state index in [1.165, 1.54) is 17.7 Å². The lowest BCUT2D eigenvalue weighted by Gasteiger charge is -2.18. The monoisotopic (exact) mass is 320 g/mol. The van der Waals surface area contributed by atoms with Gasteiger partial charge in [0, 0.05) is 45.4 Å². The van der Waals surface area contributed by atoms with Crippen LogP contribution in [-0.2, 0) is 13.6 Å². The van der Waals surface area contributed by atoms with E-state index in [1.807, 2.05) is 39.7 Å². The van der Waals surface area contributed by atoms with Crippen molar-refractivity contribution in [2.75, 3.05) is 25.6 Å². The number of nitrogens with one attached hydrogen (secondary N) is 1. The van der Waals surface area contributed by atoms with Gasteiger partial charge in [-0.3, -0.25) is 4.68 Å². The standard InChI is InChI=1S/C17H25FN4O/c1-12(11-23-15-8-6-7-14(18)9-15)19-10-16-13(2)20-22(5)17(16)21(3)4/h6-9,12,19H,10-11H2,1-5H3/t12-/m0/s1. The van der Waals surface area contributed by atoms with Crippen molar-refractivity contribution in [1.29, 1.82) is 0 Å². The first-order valence-electron chi connectivity index (χ1n) is 7.70. The quantitative estimate of drug-likeness (QED) is 0.851. The number of nitrogens with zero attached hydrogens (tertiary/aromatic N) is 3. The third kappa shape index (κ3) is 4.45. The number of rotatable bonds is 7. The average molecular weight is 320 g/mol. The van der Waals surface area contributed by atoms with Gasteiger partial charge in [-0.2, -0.15) is 5.10 Å². The molecule has 0 aliphatic heterocycles. The van der Waals surface area contributed by atoms with Crippen molar-refractivity contribution in [3.63, 3.8) is 0 Å². The van der Waals surface area contributed by atoms with Crippen LogP contribution in [0.2, 0.25) is 0 Å². The van der Waals surface area contributed by atoms with Gasteiger partial charge in [0.2, 0.25) is 0 Å². The SMILES string of the molecule is Cc1nn(C)c(N(C)C)c1CN[C@@H](C)COc1cccc(F)c1. The van der Waals surface area contributed by atoms with Crippen LogP contribution in [0.3, 0.4) is 0 Å². The molecule has 0 saturated heterocycles. The molecule has 23 heavy (non-hydrogen) atoms. The zero-order valence-corrected chi connectivity index (χ0v) is 14.4. The van der Waals surface area contributed by atoms with Gasteiger partial charge in [-0.1, -0.05) is 6.07 Å². The maximum absolute atomic E-state index is 13.1. The molecule has 0 bridgehead atoms. The summed E-state index contributed by atoms with van der Waals surface area (Å²) in [6.45, 7) is 5.24. The highest BCUT2D eigenvalue weighted by atomic mass is 19.1. The van der Waals surface area contributed by atoms with E-state index in [-0.39, 0.29) is 11.9 Å². The van der Waals surface area contributed by atoms with Crippen molar-refractivity contribution < 1.29 is 9.13 Å². The van der Waals surface area contributed by atoms with Crippen LogP contribution in [0.5, 0.6) is 5.75 Å². The number of aryl methyl sites for hydroxylation is 2. The zero-order valence-electron chi connectivity index (χ0n) is 14.4. The predicted molar refractivity (Wildman–Crippen MR) is 90.5 cm³/mol. The molecule has 0 aliphatic rings. The Morgan fingerprint density at radius 1 is 1.39 bits per heavy atom. The number of aromatic nitrogens is 2. The second kappa shape index (κ2) is 7.46. The maximum atomic E-state index is 13.1. The van der Waals surface area contributed by atoms with E-state index < -0.39 is 0 Å². The number of halogens is 1. The molecule has 1 heterocycles. The van der Waals surface area contributed by atoms with Gasteiger partial charge in [0.25, 0.3) is 0 Å². The van der Waals surface area contributed by atoms with Crippen molar-refractivity contribution >= 4 is 5.82 Å². The Kier molecular flexibility index (Phi) is 5.60. The van der Waals surface area contributed by atoms with Crippen LogP contribution in [0.15, 0.2) is 24.3 Å². The van der Waals surface area contributed by atoms with E-state index in [0.29, 0.717) is 18.9 Å². The Morgan fingerprint density at radius 3 is 2.78 bits per heavy atom. The van der Waals surface area contributed by atoms with E-state index in [9.17, 15) is 4.39 Å². The van der Waals surface area contributed by atoms with Crippen molar-refractivity contribution in [2.24, 2.45) is 7.05 Å². The molecule has 0 amide bonds. The molecular weight excluding hydrogens is 295 g/mol. The van der Waals surface area contributed by atoms with E-state index in [0.717, 1.165) is 11.5 Å². The number of ether oxygens (including phenoxy) is 1. The van der Waals surface area contributed by atoms with E-state index in [4.69, 9.17) is 4.74 Å². The minimum absolute atomic E-state index is 0.132. The van der Waals surface area contributed by atoms with Crippen LogP contribution in [0, 0.1) is 12.7 Å². The van der Waals surface area contributed by atoms with Crippen molar-refractivity contribution in [2.45, 2.75) is 26.4 Å². The predicted octanol–water partition coefficient (Wildman–Crippen LogP) is 2.49. The second-order valence-corrected chi connectivity index (χ2v) is 5.96. The summed E-state index contributed by atoms with van der Waals surface area (Å²) in [7, 11) is 5.97. The summed E-state index contributed by atoms with van der Waals surface area (Å²) in [6, 6.07) is 6.33. The summed E-state index contributed by atoms with van der Waals surface area (Å²) in [4.78, 5) is 2.06. The molecule has 2 aromatic rings. The average Bonchev–Trinajstić information content (AvgIpc) is 2.77. The van der Waals surface area contributed by atoms with Crippen molar-refractivity contribution in [3.8, 4) is 5.75 Å². The number of hydrogen-bond acceptors (Lipinski definition) is 4. The third-order valence-electron chi connectivity index (χ3n) is 3.66. The highest BCUT2D eigenvalue weighted by molar-refractivity contribution is 5.48. The van der Waals surface area contributed by atoms with Crippen molar-refractivity contribution in [3.05, 3.63) is 41.3 Å². The largest absolute Gasteiger partial charge is 0.492 e. The summed E-state index contributed by atoms with van der Waals surface area (Å²) < 4.78 is 20.6. The minimum atomic E-state index is -0.287. The summed E-state index contributed by atoms with van der Waals surface area (Å²) in [5.74, 6) is 1.35. The number of anilines is 1. The van der Waals surface area contributed by atoms with E-state index in [1.54, 1.807) is 12.1 Å². The lowest BCUT2D eigenvalue weighted by Crippen LogP contribution is -2.32. The van der Waals surface area contributed by atoms with Crippen LogP contribution in [0.4, 0.5) is 10.2 Å². The lowest BCUT2D eigenvalue weighted by atomic mass is 10.2. The highest BCUT2D eigenvalue weighted by Crippen LogP contribution is 2.21. The molecule has 1 aromatic carbocycles. The Morgan fingerprint density at radius 2 is 2.13 bits per heavy atom. The van der Waals surface area contributed by atoms with Gasteiger partial charge < -0.3 is 15.0 Å². The van der Waals surface area contributed by atoms with Gasteiger partial charge in [-0.25, -0.2) is 4.39 Å². The molecule has 1 N–H and O–H groups in total. The molecule has 6 heteroatoms. The molecule has 0 unspecified atom stereocenters. The second-order valence-electron chi connectivity index (χ2n) is 5.96. The Bertz CT molecular complexity index is 654. The molecule has 0 radical (unpaired) electrons. The summed E-state index contributed by atoms with van der Waals surface area (Å²) in [6.07, 6.45) is 0. The Balaban J connectivity index is 1.91. The normalized spacial score (nSPS) is 12.3. The first-order chi connectivity index (χ1) is 10.9. The van der Waals surface area contributed by atoms with Gasteiger partial charge in [-0.05, 0) is 26.0 Å². The van der Waals surface area contributed by atoms with Gasteiger partial charge >= 0.3 is 0 Å². The van der Waals surface area contributed by atoms with E-state index >= 15 is 0 Å². The molecule has 0 spiro atoms. The van der Waals surface area contributed by atoms with Crippen LogP contribution < -0.4 is 15.0 Å². The Labute approximate surface area is 137 Å². The third-order valence-corrected chi connectivity index (χ3v) is 3.66. The van der Waals surface area contributed by atoms with E-state index in [2.05, 4.69) is 15.3 Å². The molecule has 5 nitrogen and oxygen atoms in total. The van der Waals surface area contributed by atoms with Gasteiger partial charge in [0.1, 0.15) is 24.0 Å². The summed E-state index contributed by atoms with van der Waals surface area (Å²) in [5.41, 5.74) is 2.19. The van der Waals surface area contributed by atoms with Crippen LogP contribution in [0.25, 0.3) is 0 Å². The Hall–Kier alpha value is -2.08. The molecule has 126 valence electrons. The summed E-state index contributed by atoms with van der Waals surface area (Å²) in [5, 5.41) is 7.91. The molecule has 0 aliphatic carbocycles. The van der Waals surface area contributed by atoms with Crippen LogP contribution in [-0.4, -0.2) is 36.5 Å². The molecule has 1 aromatic heterocycles. The van der Waals surface area contributed by atoms with Crippen LogP contribution in [0.1, 0.15) is 18.2 Å². The molecule has 0 saturated carbocycles.